The van der Waals surface area contributed by atoms with Gasteiger partial charge in [0.2, 0.25) is 0 Å². The molecule has 0 atom stereocenters. The number of rotatable bonds is 22. The van der Waals surface area contributed by atoms with Crippen LogP contribution >= 0.6 is 0 Å². The summed E-state index contributed by atoms with van der Waals surface area (Å²) in [5.41, 5.74) is 0. The van der Waals surface area contributed by atoms with Crippen LogP contribution in [-0.4, -0.2) is 0 Å². The molecule has 0 bridgehead atoms. The first-order valence-corrected chi connectivity index (χ1v) is 14.8. The highest BCUT2D eigenvalue weighted by atomic mass is 16.5. The van der Waals surface area contributed by atoms with Crippen molar-refractivity contribution in [1.29, 1.82) is 0 Å². The molecule has 0 aliphatic heterocycles. The van der Waals surface area contributed by atoms with Crippen LogP contribution in [0.15, 0.2) is 84.7 Å². The zero-order chi connectivity index (χ0) is 26.2. The SMILES string of the molecule is CCCCCCCCCC(=COC=C(CCCCCCCCC)Oc1ccccc1)Oc1ccccc1. The minimum Gasteiger partial charge on any atom is -0.466 e. The van der Waals surface area contributed by atoms with Gasteiger partial charge >= 0.3 is 0 Å². The van der Waals surface area contributed by atoms with Crippen molar-refractivity contribution in [1.82, 2.24) is 0 Å². The first kappa shape index (κ1) is 30.5. The number of unbranched alkanes of at least 4 members (excludes halogenated alkanes) is 12. The molecule has 37 heavy (non-hydrogen) atoms. The predicted molar refractivity (Wildman–Crippen MR) is 157 cm³/mol. The molecular weight excluding hydrogens is 456 g/mol. The highest BCUT2D eigenvalue weighted by molar-refractivity contribution is 5.24. The van der Waals surface area contributed by atoms with Crippen LogP contribution in [0.3, 0.4) is 0 Å². The van der Waals surface area contributed by atoms with E-state index in [9.17, 15) is 0 Å². The molecule has 2 aromatic carbocycles. The lowest BCUT2D eigenvalue weighted by Crippen LogP contribution is -1.99. The van der Waals surface area contributed by atoms with Crippen molar-refractivity contribution in [2.24, 2.45) is 0 Å². The van der Waals surface area contributed by atoms with Crippen LogP contribution in [0.2, 0.25) is 0 Å². The second-order valence-electron chi connectivity index (χ2n) is 9.88. The zero-order valence-corrected chi connectivity index (χ0v) is 23.5. The summed E-state index contributed by atoms with van der Waals surface area (Å²) >= 11 is 0. The average Bonchev–Trinajstić information content (AvgIpc) is 2.93. The van der Waals surface area contributed by atoms with E-state index in [-0.39, 0.29) is 0 Å². The molecule has 0 aliphatic rings. The van der Waals surface area contributed by atoms with Gasteiger partial charge in [-0.2, -0.15) is 0 Å². The van der Waals surface area contributed by atoms with E-state index in [1.807, 2.05) is 60.7 Å². The maximum Gasteiger partial charge on any atom is 0.139 e. The number of allylic oxidation sites excluding steroid dienone is 2. The van der Waals surface area contributed by atoms with E-state index in [1.54, 1.807) is 12.5 Å². The van der Waals surface area contributed by atoms with Crippen LogP contribution in [0.5, 0.6) is 11.5 Å². The zero-order valence-electron chi connectivity index (χ0n) is 23.5. The highest BCUT2D eigenvalue weighted by Crippen LogP contribution is 2.21. The number of hydrogen-bond donors (Lipinski definition) is 0. The minimum absolute atomic E-state index is 0.841. The van der Waals surface area contributed by atoms with E-state index < -0.39 is 0 Å². The molecule has 0 heterocycles. The summed E-state index contributed by atoms with van der Waals surface area (Å²) in [6.45, 7) is 4.52. The van der Waals surface area contributed by atoms with E-state index in [0.717, 1.165) is 48.7 Å². The maximum atomic E-state index is 6.17. The minimum atomic E-state index is 0.841. The third-order valence-corrected chi connectivity index (χ3v) is 6.44. The summed E-state index contributed by atoms with van der Waals surface area (Å²) < 4.78 is 18.3. The van der Waals surface area contributed by atoms with Gasteiger partial charge in [0, 0.05) is 12.8 Å². The van der Waals surface area contributed by atoms with E-state index in [4.69, 9.17) is 14.2 Å². The Morgan fingerprint density at radius 2 is 0.838 bits per heavy atom. The molecule has 2 aromatic rings. The fraction of sp³-hybridized carbons (Fsp3) is 0.529. The molecule has 2 rings (SSSR count). The lowest BCUT2D eigenvalue weighted by molar-refractivity contribution is 0.303. The van der Waals surface area contributed by atoms with Crippen molar-refractivity contribution in [2.45, 2.75) is 117 Å². The Balaban J connectivity index is 1.94. The second kappa shape index (κ2) is 21.4. The molecule has 0 radical (unpaired) electrons. The second-order valence-corrected chi connectivity index (χ2v) is 9.88. The highest BCUT2D eigenvalue weighted by Gasteiger charge is 2.05. The maximum absolute atomic E-state index is 6.17. The van der Waals surface area contributed by atoms with Gasteiger partial charge in [-0.15, -0.1) is 0 Å². The lowest BCUT2D eigenvalue weighted by atomic mass is 10.1. The fourth-order valence-electron chi connectivity index (χ4n) is 4.25. The Hall–Kier alpha value is -2.68. The average molecular weight is 507 g/mol. The summed E-state index contributed by atoms with van der Waals surface area (Å²) in [6.07, 6.45) is 23.0. The van der Waals surface area contributed by atoms with Crippen LogP contribution in [-0.2, 0) is 4.74 Å². The van der Waals surface area contributed by atoms with E-state index in [0.29, 0.717) is 0 Å². The molecule has 204 valence electrons. The smallest absolute Gasteiger partial charge is 0.139 e. The third kappa shape index (κ3) is 15.9. The molecule has 0 spiro atoms. The quantitative estimate of drug-likeness (QED) is 0.117. The fourth-order valence-corrected chi connectivity index (χ4v) is 4.25. The molecule has 0 fully saturated rings. The van der Waals surface area contributed by atoms with Crippen LogP contribution in [0.1, 0.15) is 117 Å². The van der Waals surface area contributed by atoms with Gasteiger partial charge in [-0.05, 0) is 37.1 Å². The Labute approximate surface area is 226 Å². The van der Waals surface area contributed by atoms with Crippen molar-refractivity contribution >= 4 is 0 Å². The Morgan fingerprint density at radius 1 is 0.486 bits per heavy atom. The predicted octanol–water partition coefficient (Wildman–Crippen LogP) is 11.1. The Kier molecular flexibility index (Phi) is 17.7. The Morgan fingerprint density at radius 3 is 1.22 bits per heavy atom. The van der Waals surface area contributed by atoms with Crippen molar-refractivity contribution in [2.75, 3.05) is 0 Å². The summed E-state index contributed by atoms with van der Waals surface area (Å²) in [5.74, 6) is 3.39. The first-order chi connectivity index (χ1) is 18.3. The molecule has 0 aliphatic carbocycles. The molecule has 0 unspecified atom stereocenters. The van der Waals surface area contributed by atoms with E-state index >= 15 is 0 Å². The van der Waals surface area contributed by atoms with Gasteiger partial charge in [0.25, 0.3) is 0 Å². The first-order valence-electron chi connectivity index (χ1n) is 14.8. The number of ether oxygens (including phenoxy) is 3. The van der Waals surface area contributed by atoms with Crippen LogP contribution < -0.4 is 9.47 Å². The number of hydrogen-bond acceptors (Lipinski definition) is 3. The van der Waals surface area contributed by atoms with Crippen molar-refractivity contribution in [3.05, 3.63) is 84.7 Å². The van der Waals surface area contributed by atoms with E-state index in [2.05, 4.69) is 13.8 Å². The van der Waals surface area contributed by atoms with Gasteiger partial charge in [0.15, 0.2) is 0 Å². The van der Waals surface area contributed by atoms with Crippen molar-refractivity contribution in [3.63, 3.8) is 0 Å². The summed E-state index contributed by atoms with van der Waals surface area (Å²) in [6, 6.07) is 19.9. The molecule has 0 N–H and O–H groups in total. The Bertz CT molecular complexity index is 770. The van der Waals surface area contributed by atoms with Gasteiger partial charge in [-0.1, -0.05) is 127 Å². The van der Waals surface area contributed by atoms with Gasteiger partial charge in [0.1, 0.15) is 35.5 Å². The monoisotopic (exact) mass is 506 g/mol. The standard InChI is InChI=1S/C34H50O3/c1-3-5-7-9-11-13-17-27-33(36-31-23-19-15-20-24-31)29-35-30-34(37-32-25-21-16-22-26-32)28-18-14-12-10-8-6-4-2/h15-16,19-26,29-30H,3-14,17-18,27-28H2,1-2H3. The largest absolute Gasteiger partial charge is 0.466 e. The molecule has 0 saturated carbocycles. The molecule has 3 heteroatoms. The van der Waals surface area contributed by atoms with Crippen molar-refractivity contribution in [3.8, 4) is 11.5 Å². The molecule has 0 saturated heterocycles. The molecule has 3 nitrogen and oxygen atoms in total. The van der Waals surface area contributed by atoms with Crippen LogP contribution in [0.25, 0.3) is 0 Å². The molecule has 0 aromatic heterocycles. The third-order valence-electron chi connectivity index (χ3n) is 6.44. The lowest BCUT2D eigenvalue weighted by Gasteiger charge is -2.12. The van der Waals surface area contributed by atoms with Crippen LogP contribution in [0, 0.1) is 0 Å². The topological polar surface area (TPSA) is 27.7 Å². The van der Waals surface area contributed by atoms with E-state index in [1.165, 1.54) is 77.0 Å². The van der Waals surface area contributed by atoms with Gasteiger partial charge in [0.05, 0.1) is 0 Å². The summed E-state index contributed by atoms with van der Waals surface area (Å²) in [5, 5.41) is 0. The normalized spacial score (nSPS) is 11.9. The number of para-hydroxylation sites is 2. The molecular formula is C34H50O3. The van der Waals surface area contributed by atoms with Gasteiger partial charge in [-0.3, -0.25) is 0 Å². The summed E-state index contributed by atoms with van der Waals surface area (Å²) in [4.78, 5) is 0. The van der Waals surface area contributed by atoms with Crippen molar-refractivity contribution < 1.29 is 14.2 Å². The van der Waals surface area contributed by atoms with Crippen LogP contribution in [0.4, 0.5) is 0 Å². The summed E-state index contributed by atoms with van der Waals surface area (Å²) in [7, 11) is 0. The number of benzene rings is 2. The van der Waals surface area contributed by atoms with Gasteiger partial charge in [-0.25, -0.2) is 0 Å². The molecule has 0 amide bonds. The van der Waals surface area contributed by atoms with Gasteiger partial charge < -0.3 is 14.2 Å².